The van der Waals surface area contributed by atoms with Gasteiger partial charge in [-0.1, -0.05) is 35.9 Å². The SMILES string of the molecule is CC(=O)Nc1ccc(Cl)c(NCc2ccc(CO)cc2)c1. The maximum Gasteiger partial charge on any atom is 0.221 e. The minimum Gasteiger partial charge on any atom is -0.392 e. The van der Waals surface area contributed by atoms with Gasteiger partial charge in [0.25, 0.3) is 0 Å². The second-order valence-corrected chi connectivity index (χ2v) is 5.11. The molecule has 21 heavy (non-hydrogen) atoms. The highest BCUT2D eigenvalue weighted by atomic mass is 35.5. The average Bonchev–Trinajstić information content (AvgIpc) is 2.48. The molecule has 0 aromatic heterocycles. The summed E-state index contributed by atoms with van der Waals surface area (Å²) in [5, 5.41) is 15.6. The van der Waals surface area contributed by atoms with Crippen molar-refractivity contribution in [3.63, 3.8) is 0 Å². The lowest BCUT2D eigenvalue weighted by atomic mass is 10.1. The van der Waals surface area contributed by atoms with Gasteiger partial charge in [-0.05, 0) is 29.3 Å². The normalized spacial score (nSPS) is 10.2. The number of hydrogen-bond acceptors (Lipinski definition) is 3. The molecular weight excluding hydrogens is 288 g/mol. The van der Waals surface area contributed by atoms with E-state index in [0.717, 1.165) is 16.8 Å². The van der Waals surface area contributed by atoms with Gasteiger partial charge in [-0.25, -0.2) is 0 Å². The first-order valence-electron chi connectivity index (χ1n) is 6.58. The van der Waals surface area contributed by atoms with Crippen molar-refractivity contribution in [1.82, 2.24) is 0 Å². The van der Waals surface area contributed by atoms with E-state index in [9.17, 15) is 4.79 Å². The van der Waals surface area contributed by atoms with E-state index in [4.69, 9.17) is 16.7 Å². The molecule has 110 valence electrons. The van der Waals surface area contributed by atoms with Crippen molar-refractivity contribution in [3.8, 4) is 0 Å². The van der Waals surface area contributed by atoms with Crippen molar-refractivity contribution >= 4 is 28.9 Å². The summed E-state index contributed by atoms with van der Waals surface area (Å²) in [5.74, 6) is -0.122. The number of halogens is 1. The highest BCUT2D eigenvalue weighted by molar-refractivity contribution is 6.33. The molecule has 0 radical (unpaired) electrons. The van der Waals surface area contributed by atoms with E-state index in [-0.39, 0.29) is 12.5 Å². The van der Waals surface area contributed by atoms with Gasteiger partial charge in [0.15, 0.2) is 0 Å². The van der Waals surface area contributed by atoms with Gasteiger partial charge >= 0.3 is 0 Å². The predicted molar refractivity (Wildman–Crippen MR) is 85.4 cm³/mol. The highest BCUT2D eigenvalue weighted by Crippen LogP contribution is 2.26. The molecular formula is C16H17ClN2O2. The number of rotatable bonds is 5. The Bertz CT molecular complexity index is 627. The Kier molecular flexibility index (Phi) is 5.20. The van der Waals surface area contributed by atoms with E-state index in [1.54, 1.807) is 18.2 Å². The van der Waals surface area contributed by atoms with Gasteiger partial charge < -0.3 is 15.7 Å². The van der Waals surface area contributed by atoms with Crippen molar-refractivity contribution in [2.24, 2.45) is 0 Å². The van der Waals surface area contributed by atoms with Crippen LogP contribution in [0.15, 0.2) is 42.5 Å². The standard InChI is InChI=1S/C16H17ClN2O2/c1-11(21)19-14-6-7-15(17)16(8-14)18-9-12-2-4-13(10-20)5-3-12/h2-8,18,20H,9-10H2,1H3,(H,19,21). The quantitative estimate of drug-likeness (QED) is 0.793. The zero-order valence-corrected chi connectivity index (χ0v) is 12.4. The van der Waals surface area contributed by atoms with Gasteiger partial charge in [0.2, 0.25) is 5.91 Å². The maximum atomic E-state index is 11.1. The lowest BCUT2D eigenvalue weighted by Gasteiger charge is -2.11. The van der Waals surface area contributed by atoms with Crippen molar-refractivity contribution in [2.75, 3.05) is 10.6 Å². The maximum absolute atomic E-state index is 11.1. The van der Waals surface area contributed by atoms with Crippen LogP contribution >= 0.6 is 11.6 Å². The fourth-order valence-electron chi connectivity index (χ4n) is 1.90. The van der Waals surface area contributed by atoms with E-state index in [1.807, 2.05) is 24.3 Å². The average molecular weight is 305 g/mol. The van der Waals surface area contributed by atoms with Gasteiger partial charge in [0.05, 0.1) is 17.3 Å². The number of hydrogen-bond donors (Lipinski definition) is 3. The Morgan fingerprint density at radius 3 is 2.43 bits per heavy atom. The van der Waals surface area contributed by atoms with E-state index < -0.39 is 0 Å². The Labute approximate surface area is 128 Å². The highest BCUT2D eigenvalue weighted by Gasteiger charge is 2.03. The zero-order chi connectivity index (χ0) is 15.2. The number of nitrogens with one attached hydrogen (secondary N) is 2. The largest absolute Gasteiger partial charge is 0.392 e. The number of benzene rings is 2. The van der Waals surface area contributed by atoms with Gasteiger partial charge in [0, 0.05) is 19.2 Å². The molecule has 0 atom stereocenters. The summed E-state index contributed by atoms with van der Waals surface area (Å²) >= 11 is 6.14. The first-order valence-corrected chi connectivity index (χ1v) is 6.96. The molecule has 0 aliphatic heterocycles. The molecule has 0 saturated heterocycles. The molecule has 0 saturated carbocycles. The predicted octanol–water partition coefficient (Wildman–Crippen LogP) is 3.40. The lowest BCUT2D eigenvalue weighted by Crippen LogP contribution is -2.06. The summed E-state index contributed by atoms with van der Waals surface area (Å²) in [7, 11) is 0. The van der Waals surface area contributed by atoms with Crippen LogP contribution in [0.4, 0.5) is 11.4 Å². The molecule has 4 nitrogen and oxygen atoms in total. The van der Waals surface area contributed by atoms with Gasteiger partial charge in [-0.15, -0.1) is 0 Å². The molecule has 0 unspecified atom stereocenters. The van der Waals surface area contributed by atoms with Crippen LogP contribution in [0.5, 0.6) is 0 Å². The van der Waals surface area contributed by atoms with Crippen LogP contribution < -0.4 is 10.6 Å². The number of carbonyl (C=O) groups is 1. The van der Waals surface area contributed by atoms with Crippen LogP contribution in [-0.4, -0.2) is 11.0 Å². The lowest BCUT2D eigenvalue weighted by molar-refractivity contribution is -0.114. The fourth-order valence-corrected chi connectivity index (χ4v) is 2.09. The van der Waals surface area contributed by atoms with Crippen molar-refractivity contribution < 1.29 is 9.90 Å². The molecule has 0 heterocycles. The van der Waals surface area contributed by atoms with Crippen molar-refractivity contribution in [1.29, 1.82) is 0 Å². The van der Waals surface area contributed by atoms with Crippen LogP contribution in [0.3, 0.4) is 0 Å². The molecule has 0 aliphatic carbocycles. The minimum absolute atomic E-state index is 0.0400. The molecule has 2 aromatic rings. The van der Waals surface area contributed by atoms with Gasteiger partial charge in [0.1, 0.15) is 0 Å². The summed E-state index contributed by atoms with van der Waals surface area (Å²) in [5.41, 5.74) is 3.41. The summed E-state index contributed by atoms with van der Waals surface area (Å²) in [6.07, 6.45) is 0. The molecule has 0 fully saturated rings. The summed E-state index contributed by atoms with van der Waals surface area (Å²) in [6, 6.07) is 13.0. The number of carbonyl (C=O) groups excluding carboxylic acids is 1. The van der Waals surface area contributed by atoms with Crippen LogP contribution in [0.1, 0.15) is 18.1 Å². The van der Waals surface area contributed by atoms with Crippen LogP contribution in [0, 0.1) is 0 Å². The molecule has 0 spiro atoms. The molecule has 0 bridgehead atoms. The number of amides is 1. The monoisotopic (exact) mass is 304 g/mol. The van der Waals surface area contributed by atoms with E-state index in [2.05, 4.69) is 10.6 Å². The van der Waals surface area contributed by atoms with E-state index in [1.165, 1.54) is 6.92 Å². The smallest absolute Gasteiger partial charge is 0.221 e. The van der Waals surface area contributed by atoms with Crippen LogP contribution in [0.25, 0.3) is 0 Å². The second-order valence-electron chi connectivity index (χ2n) is 4.70. The Morgan fingerprint density at radius 1 is 1.14 bits per heavy atom. The first-order chi connectivity index (χ1) is 10.1. The van der Waals surface area contributed by atoms with E-state index >= 15 is 0 Å². The minimum atomic E-state index is -0.122. The summed E-state index contributed by atoms with van der Waals surface area (Å²) in [4.78, 5) is 11.1. The van der Waals surface area contributed by atoms with E-state index in [0.29, 0.717) is 17.3 Å². The zero-order valence-electron chi connectivity index (χ0n) is 11.7. The Balaban J connectivity index is 2.05. The third-order valence-electron chi connectivity index (χ3n) is 2.98. The van der Waals surface area contributed by atoms with Gasteiger partial charge in [-0.3, -0.25) is 4.79 Å². The van der Waals surface area contributed by atoms with Crippen LogP contribution in [-0.2, 0) is 17.9 Å². The summed E-state index contributed by atoms with van der Waals surface area (Å²) in [6.45, 7) is 2.11. The van der Waals surface area contributed by atoms with Gasteiger partial charge in [-0.2, -0.15) is 0 Å². The third-order valence-corrected chi connectivity index (χ3v) is 3.30. The molecule has 0 aliphatic rings. The van der Waals surface area contributed by atoms with Crippen molar-refractivity contribution in [3.05, 3.63) is 58.6 Å². The molecule has 2 rings (SSSR count). The number of aliphatic hydroxyl groups is 1. The molecule has 5 heteroatoms. The number of aliphatic hydroxyl groups excluding tert-OH is 1. The molecule has 1 amide bonds. The van der Waals surface area contributed by atoms with Crippen LogP contribution in [0.2, 0.25) is 5.02 Å². The second kappa shape index (κ2) is 7.11. The molecule has 3 N–H and O–H groups in total. The Hall–Kier alpha value is -2.04. The fraction of sp³-hybridized carbons (Fsp3) is 0.188. The van der Waals surface area contributed by atoms with Crippen molar-refractivity contribution in [2.45, 2.75) is 20.1 Å². The number of anilines is 2. The Morgan fingerprint density at radius 2 is 1.81 bits per heavy atom. The third kappa shape index (κ3) is 4.48. The molecule has 2 aromatic carbocycles. The summed E-state index contributed by atoms with van der Waals surface area (Å²) < 4.78 is 0. The first kappa shape index (κ1) is 15.4. The topological polar surface area (TPSA) is 61.4 Å².